The van der Waals surface area contributed by atoms with Crippen LogP contribution in [0.2, 0.25) is 0 Å². The first-order valence-corrected chi connectivity index (χ1v) is 8.29. The standard InChI is InChI=1S/C19H20N4O/c1-13-5-6-14(2)16(10-13)12-22-19(24)23(17-7-8-17)18(21-22)15-4-3-9-20-11-15/h3-6,9-11,17H,7-8,12H2,1-2H3. The second-order valence-corrected chi connectivity index (χ2v) is 6.54. The largest absolute Gasteiger partial charge is 0.346 e. The summed E-state index contributed by atoms with van der Waals surface area (Å²) in [5.41, 5.74) is 4.36. The van der Waals surface area contributed by atoms with Crippen molar-refractivity contribution < 1.29 is 0 Å². The van der Waals surface area contributed by atoms with Gasteiger partial charge < -0.3 is 0 Å². The van der Waals surface area contributed by atoms with Gasteiger partial charge in [0.05, 0.1) is 6.54 Å². The summed E-state index contributed by atoms with van der Waals surface area (Å²) in [7, 11) is 0. The molecule has 5 heteroatoms. The predicted octanol–water partition coefficient (Wildman–Crippen LogP) is 3.11. The molecule has 3 aromatic rings. The van der Waals surface area contributed by atoms with Gasteiger partial charge in [-0.2, -0.15) is 0 Å². The number of pyridine rings is 1. The molecule has 1 aliphatic rings. The second-order valence-electron chi connectivity index (χ2n) is 6.54. The molecule has 2 heterocycles. The van der Waals surface area contributed by atoms with Crippen molar-refractivity contribution in [3.63, 3.8) is 0 Å². The average molecular weight is 320 g/mol. The third-order valence-electron chi connectivity index (χ3n) is 4.53. The quantitative estimate of drug-likeness (QED) is 0.742. The van der Waals surface area contributed by atoms with Crippen LogP contribution in [0.4, 0.5) is 0 Å². The Morgan fingerprint density at radius 2 is 2.04 bits per heavy atom. The van der Waals surface area contributed by atoms with Gasteiger partial charge in [0, 0.05) is 24.0 Å². The highest BCUT2D eigenvalue weighted by Crippen LogP contribution is 2.36. The highest BCUT2D eigenvalue weighted by Gasteiger charge is 2.30. The topological polar surface area (TPSA) is 52.7 Å². The van der Waals surface area contributed by atoms with Crippen molar-refractivity contribution >= 4 is 0 Å². The maximum absolute atomic E-state index is 12.9. The van der Waals surface area contributed by atoms with Gasteiger partial charge in [-0.15, -0.1) is 5.10 Å². The van der Waals surface area contributed by atoms with Crippen LogP contribution in [-0.4, -0.2) is 19.3 Å². The Morgan fingerprint density at radius 3 is 2.75 bits per heavy atom. The first-order valence-electron chi connectivity index (χ1n) is 8.29. The molecular weight excluding hydrogens is 300 g/mol. The average Bonchev–Trinajstić information content (AvgIpc) is 3.37. The Bertz CT molecular complexity index is 936. The molecule has 0 aliphatic heterocycles. The number of benzene rings is 1. The molecule has 0 radical (unpaired) electrons. The van der Waals surface area contributed by atoms with Crippen LogP contribution in [0, 0.1) is 13.8 Å². The third kappa shape index (κ3) is 2.66. The Labute approximate surface area is 140 Å². The van der Waals surface area contributed by atoms with Crippen molar-refractivity contribution in [3.05, 3.63) is 69.9 Å². The predicted molar refractivity (Wildman–Crippen MR) is 93.0 cm³/mol. The van der Waals surface area contributed by atoms with Gasteiger partial charge in [0.2, 0.25) is 0 Å². The highest BCUT2D eigenvalue weighted by molar-refractivity contribution is 5.53. The molecule has 2 aromatic heterocycles. The number of nitrogens with zero attached hydrogens (tertiary/aromatic N) is 4. The molecule has 1 fully saturated rings. The Morgan fingerprint density at radius 1 is 1.21 bits per heavy atom. The van der Waals surface area contributed by atoms with Gasteiger partial charge in [0.1, 0.15) is 0 Å². The van der Waals surface area contributed by atoms with Crippen molar-refractivity contribution in [1.29, 1.82) is 0 Å². The van der Waals surface area contributed by atoms with Gasteiger partial charge >= 0.3 is 5.69 Å². The van der Waals surface area contributed by atoms with Crippen LogP contribution in [0.5, 0.6) is 0 Å². The van der Waals surface area contributed by atoms with E-state index in [1.807, 2.05) is 16.7 Å². The van der Waals surface area contributed by atoms with Gasteiger partial charge in [-0.1, -0.05) is 23.8 Å². The molecule has 0 atom stereocenters. The van der Waals surface area contributed by atoms with Gasteiger partial charge in [0.25, 0.3) is 0 Å². The summed E-state index contributed by atoms with van der Waals surface area (Å²) in [6, 6.07) is 10.4. The van der Waals surface area contributed by atoms with Gasteiger partial charge in [-0.25, -0.2) is 9.48 Å². The van der Waals surface area contributed by atoms with Crippen LogP contribution >= 0.6 is 0 Å². The van der Waals surface area contributed by atoms with E-state index in [2.05, 4.69) is 42.1 Å². The Balaban J connectivity index is 1.80. The lowest BCUT2D eigenvalue weighted by Gasteiger charge is -2.06. The van der Waals surface area contributed by atoms with Crippen LogP contribution in [0.3, 0.4) is 0 Å². The van der Waals surface area contributed by atoms with Gasteiger partial charge in [-0.05, 0) is 49.9 Å². The Kier molecular flexibility index (Phi) is 3.56. The van der Waals surface area contributed by atoms with E-state index in [4.69, 9.17) is 0 Å². The smallest absolute Gasteiger partial charge is 0.272 e. The van der Waals surface area contributed by atoms with Crippen LogP contribution in [0.15, 0.2) is 47.5 Å². The summed E-state index contributed by atoms with van der Waals surface area (Å²) in [5.74, 6) is 0.723. The molecule has 1 aliphatic carbocycles. The maximum atomic E-state index is 12.9. The monoisotopic (exact) mass is 320 g/mol. The first kappa shape index (κ1) is 14.9. The minimum absolute atomic E-state index is 0.0303. The molecule has 0 unspecified atom stereocenters. The molecule has 0 saturated heterocycles. The lowest BCUT2D eigenvalue weighted by atomic mass is 10.1. The van der Waals surface area contributed by atoms with Crippen LogP contribution < -0.4 is 5.69 Å². The van der Waals surface area contributed by atoms with E-state index in [-0.39, 0.29) is 11.7 Å². The SMILES string of the molecule is Cc1ccc(C)c(Cn2nc(-c3cccnc3)n(C3CC3)c2=O)c1. The highest BCUT2D eigenvalue weighted by atomic mass is 16.2. The summed E-state index contributed by atoms with van der Waals surface area (Å²) in [6.45, 7) is 4.63. The zero-order valence-electron chi connectivity index (χ0n) is 13.9. The summed E-state index contributed by atoms with van der Waals surface area (Å²) >= 11 is 0. The summed E-state index contributed by atoms with van der Waals surface area (Å²) in [5, 5.41) is 4.63. The number of aromatic nitrogens is 4. The van der Waals surface area contributed by atoms with Crippen molar-refractivity contribution in [2.45, 2.75) is 39.3 Å². The molecule has 24 heavy (non-hydrogen) atoms. The summed E-state index contributed by atoms with van der Waals surface area (Å²) < 4.78 is 3.42. The fourth-order valence-electron chi connectivity index (χ4n) is 3.01. The van der Waals surface area contributed by atoms with E-state index in [1.165, 1.54) is 11.1 Å². The van der Waals surface area contributed by atoms with Crippen LogP contribution in [0.1, 0.15) is 35.6 Å². The zero-order valence-corrected chi connectivity index (χ0v) is 13.9. The molecule has 4 rings (SSSR count). The molecule has 0 spiro atoms. The zero-order chi connectivity index (χ0) is 16.7. The molecule has 0 N–H and O–H groups in total. The van der Waals surface area contributed by atoms with Gasteiger partial charge in [-0.3, -0.25) is 9.55 Å². The van der Waals surface area contributed by atoms with E-state index in [1.54, 1.807) is 17.1 Å². The fourth-order valence-corrected chi connectivity index (χ4v) is 3.01. The van der Waals surface area contributed by atoms with Crippen molar-refractivity contribution in [3.8, 4) is 11.4 Å². The Hall–Kier alpha value is -2.69. The molecular formula is C19H20N4O. The van der Waals surface area contributed by atoms with Crippen molar-refractivity contribution in [2.24, 2.45) is 0 Å². The number of rotatable bonds is 4. The normalized spacial score (nSPS) is 14.1. The van der Waals surface area contributed by atoms with Gasteiger partial charge in [0.15, 0.2) is 5.82 Å². The van der Waals surface area contributed by atoms with E-state index >= 15 is 0 Å². The first-order chi connectivity index (χ1) is 11.6. The molecule has 122 valence electrons. The minimum Gasteiger partial charge on any atom is -0.272 e. The van der Waals surface area contributed by atoms with Crippen molar-refractivity contribution in [2.75, 3.05) is 0 Å². The van der Waals surface area contributed by atoms with E-state index < -0.39 is 0 Å². The summed E-state index contributed by atoms with van der Waals surface area (Å²) in [4.78, 5) is 17.1. The van der Waals surface area contributed by atoms with Crippen LogP contribution in [-0.2, 0) is 6.54 Å². The lowest BCUT2D eigenvalue weighted by molar-refractivity contribution is 0.624. The maximum Gasteiger partial charge on any atom is 0.346 e. The number of aryl methyl sites for hydroxylation is 2. The number of hydrogen-bond donors (Lipinski definition) is 0. The van der Waals surface area contributed by atoms with E-state index in [0.717, 1.165) is 29.8 Å². The lowest BCUT2D eigenvalue weighted by Crippen LogP contribution is -2.25. The second kappa shape index (κ2) is 5.74. The fraction of sp³-hybridized carbons (Fsp3) is 0.316. The molecule has 0 amide bonds. The number of hydrogen-bond acceptors (Lipinski definition) is 3. The molecule has 1 saturated carbocycles. The third-order valence-corrected chi connectivity index (χ3v) is 4.53. The van der Waals surface area contributed by atoms with Crippen molar-refractivity contribution in [1.82, 2.24) is 19.3 Å². The van der Waals surface area contributed by atoms with E-state index in [9.17, 15) is 4.79 Å². The van der Waals surface area contributed by atoms with E-state index in [0.29, 0.717) is 6.54 Å². The minimum atomic E-state index is -0.0303. The molecule has 0 bridgehead atoms. The van der Waals surface area contributed by atoms with Crippen LogP contribution in [0.25, 0.3) is 11.4 Å². The summed E-state index contributed by atoms with van der Waals surface area (Å²) in [6.07, 6.45) is 5.59. The molecule has 5 nitrogen and oxygen atoms in total. The molecule has 1 aromatic carbocycles.